The van der Waals surface area contributed by atoms with E-state index in [0.29, 0.717) is 23.9 Å². The lowest BCUT2D eigenvalue weighted by atomic mass is 9.91. The summed E-state index contributed by atoms with van der Waals surface area (Å²) < 4.78 is 4.92. The van der Waals surface area contributed by atoms with Crippen LogP contribution in [-0.2, 0) is 20.7 Å². The predicted molar refractivity (Wildman–Crippen MR) is 75.1 cm³/mol. The van der Waals surface area contributed by atoms with E-state index in [9.17, 15) is 14.7 Å². The summed E-state index contributed by atoms with van der Waals surface area (Å²) in [6.45, 7) is 3.79. The van der Waals surface area contributed by atoms with Crippen LogP contribution < -0.4 is 5.32 Å². The molecule has 0 fully saturated rings. The molecule has 2 atom stereocenters. The summed E-state index contributed by atoms with van der Waals surface area (Å²) in [5.74, 6) is -1.69. The van der Waals surface area contributed by atoms with Crippen molar-refractivity contribution in [2.24, 2.45) is 0 Å². The van der Waals surface area contributed by atoms with E-state index in [1.165, 1.54) is 11.3 Å². The zero-order valence-corrected chi connectivity index (χ0v) is 12.3. The normalized spacial score (nSPS) is 19.0. The van der Waals surface area contributed by atoms with Crippen LogP contribution in [0.2, 0.25) is 0 Å². The van der Waals surface area contributed by atoms with E-state index in [4.69, 9.17) is 4.74 Å². The van der Waals surface area contributed by atoms with Gasteiger partial charge in [-0.1, -0.05) is 0 Å². The van der Waals surface area contributed by atoms with Crippen LogP contribution in [0.15, 0.2) is 0 Å². The number of carboxylic acid groups (broad SMARTS) is 1. The molecule has 0 saturated heterocycles. The molecule has 0 bridgehead atoms. The second-order valence-corrected chi connectivity index (χ2v) is 5.81. The molecule has 1 aromatic heterocycles. The molecule has 1 aromatic rings. The summed E-state index contributed by atoms with van der Waals surface area (Å²) in [6, 6.07) is -0.495. The molecule has 110 valence electrons. The summed E-state index contributed by atoms with van der Waals surface area (Å²) in [4.78, 5) is 28.1. The number of carbonyl (C=O) groups excluding carboxylic acids is 1. The number of thiazole rings is 1. The molecular weight excluding hydrogens is 280 g/mol. The van der Waals surface area contributed by atoms with Crippen LogP contribution in [0.1, 0.15) is 43.2 Å². The minimum atomic E-state index is -0.832. The Morgan fingerprint density at radius 3 is 3.00 bits per heavy atom. The maximum atomic E-state index is 11.6. The van der Waals surface area contributed by atoms with Gasteiger partial charge in [-0.05, 0) is 33.1 Å². The first-order valence-corrected chi connectivity index (χ1v) is 7.50. The van der Waals surface area contributed by atoms with Gasteiger partial charge in [0.05, 0.1) is 12.3 Å². The van der Waals surface area contributed by atoms with Crippen molar-refractivity contribution >= 4 is 28.4 Å². The van der Waals surface area contributed by atoms with Gasteiger partial charge in [0.25, 0.3) is 0 Å². The number of aliphatic carboxylic acids is 1. The van der Waals surface area contributed by atoms with Gasteiger partial charge in [0.1, 0.15) is 12.0 Å². The number of carbonyl (C=O) groups is 2. The van der Waals surface area contributed by atoms with Crippen molar-refractivity contribution in [1.29, 1.82) is 0 Å². The highest BCUT2D eigenvalue weighted by Gasteiger charge is 2.30. The second-order valence-electron chi connectivity index (χ2n) is 4.73. The first kappa shape index (κ1) is 14.8. The van der Waals surface area contributed by atoms with Gasteiger partial charge < -0.3 is 15.2 Å². The van der Waals surface area contributed by atoms with E-state index in [2.05, 4.69) is 10.3 Å². The molecule has 0 spiro atoms. The van der Waals surface area contributed by atoms with Crippen molar-refractivity contribution in [1.82, 2.24) is 4.98 Å². The molecule has 0 radical (unpaired) electrons. The van der Waals surface area contributed by atoms with Crippen LogP contribution in [0.3, 0.4) is 0 Å². The van der Waals surface area contributed by atoms with E-state index >= 15 is 0 Å². The number of fused-ring (bicyclic) bond motifs is 1. The first-order chi connectivity index (χ1) is 9.52. The van der Waals surface area contributed by atoms with Crippen LogP contribution in [0.4, 0.5) is 5.13 Å². The van der Waals surface area contributed by atoms with Crippen molar-refractivity contribution in [3.63, 3.8) is 0 Å². The van der Waals surface area contributed by atoms with Gasteiger partial charge in [0.15, 0.2) is 5.13 Å². The molecule has 1 aliphatic carbocycles. The number of hydrogen-bond donors (Lipinski definition) is 2. The van der Waals surface area contributed by atoms with Crippen LogP contribution in [0, 0.1) is 0 Å². The average molecular weight is 298 g/mol. The Labute approximate surface area is 121 Å². The van der Waals surface area contributed by atoms with Crippen molar-refractivity contribution in [3.8, 4) is 0 Å². The maximum absolute atomic E-state index is 11.6. The van der Waals surface area contributed by atoms with E-state index in [-0.39, 0.29) is 5.97 Å². The number of rotatable bonds is 5. The predicted octanol–water partition coefficient (Wildman–Crippen LogP) is 2.01. The van der Waals surface area contributed by atoms with Gasteiger partial charge in [-0.25, -0.2) is 9.78 Å². The van der Waals surface area contributed by atoms with Crippen molar-refractivity contribution < 1.29 is 19.4 Å². The number of esters is 1. The highest BCUT2D eigenvalue weighted by molar-refractivity contribution is 7.15. The number of anilines is 1. The smallest absolute Gasteiger partial charge is 0.328 e. The first-order valence-electron chi connectivity index (χ1n) is 6.68. The maximum Gasteiger partial charge on any atom is 0.328 e. The van der Waals surface area contributed by atoms with Gasteiger partial charge in [-0.15, -0.1) is 11.3 Å². The summed E-state index contributed by atoms with van der Waals surface area (Å²) in [6.07, 6.45) is 2.34. The van der Waals surface area contributed by atoms with E-state index in [1.807, 2.05) is 0 Å². The Balaban J connectivity index is 2.12. The van der Waals surface area contributed by atoms with Gasteiger partial charge in [0, 0.05) is 4.88 Å². The Morgan fingerprint density at radius 1 is 1.60 bits per heavy atom. The third-order valence-electron chi connectivity index (χ3n) is 3.23. The molecule has 2 unspecified atom stereocenters. The Kier molecular flexibility index (Phi) is 4.59. The van der Waals surface area contributed by atoms with E-state index in [1.54, 1.807) is 13.8 Å². The van der Waals surface area contributed by atoms with Crippen LogP contribution in [-0.4, -0.2) is 34.7 Å². The molecule has 0 amide bonds. The van der Waals surface area contributed by atoms with E-state index in [0.717, 1.165) is 17.7 Å². The fraction of sp³-hybridized carbons (Fsp3) is 0.615. The largest absolute Gasteiger partial charge is 0.481 e. The number of carboxylic acids is 1. The topological polar surface area (TPSA) is 88.5 Å². The number of hydrogen-bond acceptors (Lipinski definition) is 6. The zero-order valence-electron chi connectivity index (χ0n) is 11.5. The fourth-order valence-electron chi connectivity index (χ4n) is 2.23. The number of nitrogens with one attached hydrogen (secondary N) is 1. The van der Waals surface area contributed by atoms with Gasteiger partial charge in [-0.2, -0.15) is 0 Å². The summed E-state index contributed by atoms with van der Waals surface area (Å²) in [7, 11) is 0. The molecule has 1 aliphatic rings. The number of nitrogens with zero attached hydrogens (tertiary/aromatic N) is 1. The molecule has 0 saturated carbocycles. The molecule has 0 aromatic carbocycles. The monoisotopic (exact) mass is 298 g/mol. The van der Waals surface area contributed by atoms with Gasteiger partial charge in [-0.3, -0.25) is 4.79 Å². The summed E-state index contributed by atoms with van der Waals surface area (Å²) in [5.41, 5.74) is 0.646. The number of aryl methyl sites for hydroxylation is 1. The van der Waals surface area contributed by atoms with Crippen LogP contribution >= 0.6 is 11.3 Å². The lowest BCUT2D eigenvalue weighted by Gasteiger charge is -2.16. The van der Waals surface area contributed by atoms with E-state index < -0.39 is 17.9 Å². The van der Waals surface area contributed by atoms with Crippen molar-refractivity contribution in [2.45, 2.75) is 45.1 Å². The summed E-state index contributed by atoms with van der Waals surface area (Å²) in [5, 5.41) is 12.8. The number of aromatic nitrogens is 1. The highest BCUT2D eigenvalue weighted by atomic mass is 32.1. The van der Waals surface area contributed by atoms with Gasteiger partial charge >= 0.3 is 11.9 Å². The Hall–Kier alpha value is -1.63. The fourth-order valence-corrected chi connectivity index (χ4v) is 3.38. The lowest BCUT2D eigenvalue weighted by Crippen LogP contribution is -2.28. The average Bonchev–Trinajstić information content (AvgIpc) is 2.80. The molecule has 0 aliphatic heterocycles. The van der Waals surface area contributed by atoms with Gasteiger partial charge in [0.2, 0.25) is 0 Å². The molecule has 1 heterocycles. The standard InChI is InChI=1S/C13H18N2O4S/c1-3-19-12(18)7(2)14-13-15-10-8(11(16)17)5-4-6-9(10)20-13/h7-8H,3-6H2,1-2H3,(H,14,15)(H,16,17). The molecule has 2 N–H and O–H groups in total. The molecule has 6 nitrogen and oxygen atoms in total. The Morgan fingerprint density at radius 2 is 2.35 bits per heavy atom. The Bertz CT molecular complexity index is 514. The highest BCUT2D eigenvalue weighted by Crippen LogP contribution is 2.36. The minimum Gasteiger partial charge on any atom is -0.481 e. The van der Waals surface area contributed by atoms with Crippen LogP contribution in [0.25, 0.3) is 0 Å². The molecule has 20 heavy (non-hydrogen) atoms. The summed E-state index contributed by atoms with van der Waals surface area (Å²) >= 11 is 1.43. The molecule has 7 heteroatoms. The zero-order chi connectivity index (χ0) is 14.7. The minimum absolute atomic E-state index is 0.334. The van der Waals surface area contributed by atoms with Crippen molar-refractivity contribution in [3.05, 3.63) is 10.6 Å². The van der Waals surface area contributed by atoms with Crippen molar-refractivity contribution in [2.75, 3.05) is 11.9 Å². The number of ether oxygens (including phenoxy) is 1. The SMILES string of the molecule is CCOC(=O)C(C)Nc1nc2c(s1)CCCC2C(=O)O. The third kappa shape index (κ3) is 3.09. The lowest BCUT2D eigenvalue weighted by molar-refractivity contribution is -0.143. The molecular formula is C13H18N2O4S. The van der Waals surface area contributed by atoms with Crippen LogP contribution in [0.5, 0.6) is 0 Å². The molecule has 2 rings (SSSR count). The quantitative estimate of drug-likeness (QED) is 0.808. The second kappa shape index (κ2) is 6.21. The third-order valence-corrected chi connectivity index (χ3v) is 4.29.